The van der Waals surface area contributed by atoms with E-state index in [0.717, 1.165) is 17.7 Å². The summed E-state index contributed by atoms with van der Waals surface area (Å²) in [6, 6.07) is 1.46. The third kappa shape index (κ3) is 3.82. The van der Waals surface area contributed by atoms with E-state index in [1.807, 2.05) is 13.0 Å². The zero-order chi connectivity index (χ0) is 12.8. The molecule has 4 heteroatoms. The van der Waals surface area contributed by atoms with Gasteiger partial charge in [0.15, 0.2) is 0 Å². The van der Waals surface area contributed by atoms with E-state index in [4.69, 9.17) is 4.74 Å². The number of nitrogens with one attached hydrogen (secondary N) is 1. The summed E-state index contributed by atoms with van der Waals surface area (Å²) in [5.74, 6) is 0.195. The van der Waals surface area contributed by atoms with Crippen molar-refractivity contribution >= 4 is 5.97 Å². The van der Waals surface area contributed by atoms with E-state index in [-0.39, 0.29) is 5.97 Å². The van der Waals surface area contributed by atoms with Crippen LogP contribution in [0.25, 0.3) is 0 Å². The molecule has 4 nitrogen and oxygen atoms in total. The predicted molar refractivity (Wildman–Crippen MR) is 66.6 cm³/mol. The van der Waals surface area contributed by atoms with Gasteiger partial charge in [-0.3, -0.25) is 4.98 Å². The van der Waals surface area contributed by atoms with Crippen LogP contribution in [-0.2, 0) is 9.53 Å². The topological polar surface area (TPSA) is 51.2 Å². The van der Waals surface area contributed by atoms with Crippen LogP contribution < -0.4 is 5.32 Å². The largest absolute Gasteiger partial charge is 0.468 e. The lowest BCUT2D eigenvalue weighted by Gasteiger charge is -2.19. The molecule has 0 radical (unpaired) electrons. The minimum absolute atomic E-state index is 0.276. The quantitative estimate of drug-likeness (QED) is 0.793. The minimum Gasteiger partial charge on any atom is -0.468 e. The highest BCUT2D eigenvalue weighted by atomic mass is 16.5. The molecule has 0 aliphatic carbocycles. The SMILES string of the molecule is COC(=O)C(NCC(C)C)c1cnccc1C. The first-order valence-corrected chi connectivity index (χ1v) is 5.78. The summed E-state index contributed by atoms with van der Waals surface area (Å²) in [7, 11) is 1.40. The molecule has 1 aromatic heterocycles. The molecule has 1 atom stereocenters. The number of aryl methyl sites for hydroxylation is 1. The molecule has 0 bridgehead atoms. The summed E-state index contributed by atoms with van der Waals surface area (Å²) in [6.07, 6.45) is 3.43. The molecule has 1 N–H and O–H groups in total. The Morgan fingerprint density at radius 3 is 2.76 bits per heavy atom. The van der Waals surface area contributed by atoms with Gasteiger partial charge < -0.3 is 10.1 Å². The molecule has 1 aromatic rings. The van der Waals surface area contributed by atoms with E-state index in [9.17, 15) is 4.79 Å². The van der Waals surface area contributed by atoms with Crippen molar-refractivity contribution < 1.29 is 9.53 Å². The van der Waals surface area contributed by atoms with Crippen molar-refractivity contribution in [2.24, 2.45) is 5.92 Å². The van der Waals surface area contributed by atoms with Crippen LogP contribution in [0.5, 0.6) is 0 Å². The highest BCUT2D eigenvalue weighted by molar-refractivity contribution is 5.77. The fourth-order valence-electron chi connectivity index (χ4n) is 1.57. The molecule has 17 heavy (non-hydrogen) atoms. The van der Waals surface area contributed by atoms with Crippen molar-refractivity contribution in [1.82, 2.24) is 10.3 Å². The van der Waals surface area contributed by atoms with Crippen LogP contribution in [0, 0.1) is 12.8 Å². The third-order valence-corrected chi connectivity index (χ3v) is 2.56. The number of aromatic nitrogens is 1. The number of carbonyl (C=O) groups is 1. The van der Waals surface area contributed by atoms with E-state index in [0.29, 0.717) is 5.92 Å². The molecule has 1 rings (SSSR count). The van der Waals surface area contributed by atoms with E-state index >= 15 is 0 Å². The summed E-state index contributed by atoms with van der Waals surface area (Å²) >= 11 is 0. The van der Waals surface area contributed by atoms with Gasteiger partial charge in [-0.1, -0.05) is 13.8 Å². The summed E-state index contributed by atoms with van der Waals surface area (Å²) in [6.45, 7) is 6.91. The number of hydrogen-bond donors (Lipinski definition) is 1. The molecule has 0 aliphatic rings. The van der Waals surface area contributed by atoms with E-state index in [2.05, 4.69) is 24.1 Å². The monoisotopic (exact) mass is 236 g/mol. The molecular weight excluding hydrogens is 216 g/mol. The Morgan fingerprint density at radius 1 is 1.53 bits per heavy atom. The van der Waals surface area contributed by atoms with Crippen LogP contribution in [-0.4, -0.2) is 24.6 Å². The highest BCUT2D eigenvalue weighted by Crippen LogP contribution is 2.17. The molecule has 94 valence electrons. The molecule has 0 saturated heterocycles. The highest BCUT2D eigenvalue weighted by Gasteiger charge is 2.22. The summed E-state index contributed by atoms with van der Waals surface area (Å²) < 4.78 is 4.82. The van der Waals surface area contributed by atoms with Gasteiger partial charge in [0, 0.05) is 18.0 Å². The molecule has 0 spiro atoms. The van der Waals surface area contributed by atoms with Gasteiger partial charge >= 0.3 is 5.97 Å². The standard InChI is InChI=1S/C13H20N2O2/c1-9(2)7-15-12(13(16)17-4)11-8-14-6-5-10(11)3/h5-6,8-9,12,15H,7H2,1-4H3. The smallest absolute Gasteiger partial charge is 0.327 e. The molecular formula is C13H20N2O2. The summed E-state index contributed by atoms with van der Waals surface area (Å²) in [5, 5.41) is 3.21. The maximum atomic E-state index is 11.8. The fraction of sp³-hybridized carbons (Fsp3) is 0.538. The molecule has 0 aliphatic heterocycles. The van der Waals surface area contributed by atoms with Crippen molar-refractivity contribution in [3.8, 4) is 0 Å². The molecule has 0 saturated carbocycles. The van der Waals surface area contributed by atoms with Gasteiger partial charge in [0.1, 0.15) is 6.04 Å². The number of esters is 1. The van der Waals surface area contributed by atoms with E-state index < -0.39 is 6.04 Å². The van der Waals surface area contributed by atoms with Gasteiger partial charge in [-0.25, -0.2) is 4.79 Å². The van der Waals surface area contributed by atoms with Crippen LogP contribution in [0.2, 0.25) is 0 Å². The van der Waals surface area contributed by atoms with Crippen molar-refractivity contribution in [3.05, 3.63) is 29.6 Å². The van der Waals surface area contributed by atoms with Gasteiger partial charge in [-0.2, -0.15) is 0 Å². The average Bonchev–Trinajstić information content (AvgIpc) is 2.30. The van der Waals surface area contributed by atoms with Crippen molar-refractivity contribution in [3.63, 3.8) is 0 Å². The average molecular weight is 236 g/mol. The van der Waals surface area contributed by atoms with Crippen molar-refractivity contribution in [2.75, 3.05) is 13.7 Å². The lowest BCUT2D eigenvalue weighted by atomic mass is 10.0. The number of ether oxygens (including phenoxy) is 1. The Bertz CT molecular complexity index is 377. The zero-order valence-electron chi connectivity index (χ0n) is 10.9. The van der Waals surface area contributed by atoms with Crippen LogP contribution in [0.15, 0.2) is 18.5 Å². The molecule has 1 unspecified atom stereocenters. The number of carbonyl (C=O) groups excluding carboxylic acids is 1. The Kier molecular flexibility index (Phi) is 5.10. The zero-order valence-corrected chi connectivity index (χ0v) is 10.9. The van der Waals surface area contributed by atoms with Crippen LogP contribution in [0.4, 0.5) is 0 Å². The third-order valence-electron chi connectivity index (χ3n) is 2.56. The number of nitrogens with zero attached hydrogens (tertiary/aromatic N) is 1. The second-order valence-electron chi connectivity index (χ2n) is 4.49. The normalized spacial score (nSPS) is 12.5. The molecule has 0 aromatic carbocycles. The maximum Gasteiger partial charge on any atom is 0.327 e. The first kappa shape index (κ1) is 13.6. The predicted octanol–water partition coefficient (Wildman–Crippen LogP) is 1.85. The van der Waals surface area contributed by atoms with Crippen LogP contribution in [0.1, 0.15) is 31.0 Å². The lowest BCUT2D eigenvalue weighted by Crippen LogP contribution is -2.32. The molecule has 0 amide bonds. The first-order chi connectivity index (χ1) is 8.06. The van der Waals surface area contributed by atoms with Gasteiger partial charge in [-0.05, 0) is 31.0 Å². The Morgan fingerprint density at radius 2 is 2.24 bits per heavy atom. The van der Waals surface area contributed by atoms with Crippen molar-refractivity contribution in [2.45, 2.75) is 26.8 Å². The van der Waals surface area contributed by atoms with E-state index in [1.54, 1.807) is 12.4 Å². The summed E-state index contributed by atoms with van der Waals surface area (Å²) in [4.78, 5) is 15.8. The van der Waals surface area contributed by atoms with Crippen LogP contribution >= 0.6 is 0 Å². The number of methoxy groups -OCH3 is 1. The lowest BCUT2D eigenvalue weighted by molar-refractivity contribution is -0.143. The Labute approximate surface area is 102 Å². The van der Waals surface area contributed by atoms with Gasteiger partial charge in [0.05, 0.1) is 7.11 Å². The number of pyridine rings is 1. The molecule has 0 fully saturated rings. The van der Waals surface area contributed by atoms with E-state index in [1.165, 1.54) is 7.11 Å². The maximum absolute atomic E-state index is 11.8. The summed E-state index contributed by atoms with van der Waals surface area (Å²) in [5.41, 5.74) is 1.91. The van der Waals surface area contributed by atoms with Gasteiger partial charge in [0.2, 0.25) is 0 Å². The molecule has 1 heterocycles. The second kappa shape index (κ2) is 6.35. The second-order valence-corrected chi connectivity index (χ2v) is 4.49. The van der Waals surface area contributed by atoms with Crippen LogP contribution in [0.3, 0.4) is 0 Å². The van der Waals surface area contributed by atoms with Crippen molar-refractivity contribution in [1.29, 1.82) is 0 Å². The van der Waals surface area contributed by atoms with Gasteiger partial charge in [-0.15, -0.1) is 0 Å². The fourth-order valence-corrected chi connectivity index (χ4v) is 1.57. The minimum atomic E-state index is -0.434. The first-order valence-electron chi connectivity index (χ1n) is 5.78. The van der Waals surface area contributed by atoms with Gasteiger partial charge in [0.25, 0.3) is 0 Å². The number of hydrogen-bond acceptors (Lipinski definition) is 4. The number of rotatable bonds is 5. The Hall–Kier alpha value is -1.42. The Balaban J connectivity index is 2.90.